The molecular weight excluding hydrogens is 178 g/mol. The SMILES string of the molecule is N#Cc1ccc(N)c2c1OCC[C@@H]2N. The second-order valence-electron chi connectivity index (χ2n) is 3.30. The van der Waals surface area contributed by atoms with Crippen LogP contribution in [0.3, 0.4) is 0 Å². The monoisotopic (exact) mass is 189 g/mol. The summed E-state index contributed by atoms with van der Waals surface area (Å²) in [5, 5.41) is 8.86. The van der Waals surface area contributed by atoms with Gasteiger partial charge in [0.1, 0.15) is 11.8 Å². The van der Waals surface area contributed by atoms with Crippen molar-refractivity contribution < 1.29 is 4.74 Å². The van der Waals surface area contributed by atoms with Crippen LogP contribution in [-0.2, 0) is 0 Å². The number of benzene rings is 1. The fourth-order valence-corrected chi connectivity index (χ4v) is 1.67. The molecule has 0 aliphatic carbocycles. The number of nitriles is 1. The second-order valence-corrected chi connectivity index (χ2v) is 3.30. The molecule has 1 aromatic carbocycles. The Bertz CT molecular complexity index is 409. The molecule has 0 bridgehead atoms. The predicted octanol–water partition coefficient (Wildman–Crippen LogP) is 0.923. The van der Waals surface area contributed by atoms with Crippen molar-refractivity contribution in [1.82, 2.24) is 0 Å². The Morgan fingerprint density at radius 2 is 2.29 bits per heavy atom. The summed E-state index contributed by atoms with van der Waals surface area (Å²) in [6.45, 7) is 0.548. The summed E-state index contributed by atoms with van der Waals surface area (Å²) in [6, 6.07) is 5.31. The highest BCUT2D eigenvalue weighted by atomic mass is 16.5. The highest BCUT2D eigenvalue weighted by Crippen LogP contribution is 2.37. The van der Waals surface area contributed by atoms with Gasteiger partial charge in [-0.1, -0.05) is 0 Å². The van der Waals surface area contributed by atoms with Gasteiger partial charge in [-0.3, -0.25) is 0 Å². The molecule has 1 heterocycles. The molecule has 4 heteroatoms. The van der Waals surface area contributed by atoms with Crippen LogP contribution < -0.4 is 16.2 Å². The topological polar surface area (TPSA) is 85.1 Å². The van der Waals surface area contributed by atoms with Crippen molar-refractivity contribution in [3.05, 3.63) is 23.3 Å². The van der Waals surface area contributed by atoms with Crippen LogP contribution in [0.4, 0.5) is 5.69 Å². The summed E-state index contributed by atoms with van der Waals surface area (Å²) in [4.78, 5) is 0. The molecule has 0 aromatic heterocycles. The number of ether oxygens (including phenoxy) is 1. The molecule has 0 spiro atoms. The molecule has 0 saturated carbocycles. The van der Waals surface area contributed by atoms with Gasteiger partial charge in [-0.05, 0) is 12.1 Å². The zero-order chi connectivity index (χ0) is 10.1. The zero-order valence-electron chi connectivity index (χ0n) is 7.66. The van der Waals surface area contributed by atoms with E-state index in [0.29, 0.717) is 23.6 Å². The number of rotatable bonds is 0. The van der Waals surface area contributed by atoms with Crippen molar-refractivity contribution in [2.45, 2.75) is 12.5 Å². The Kier molecular flexibility index (Phi) is 2.02. The van der Waals surface area contributed by atoms with Gasteiger partial charge in [-0.2, -0.15) is 5.26 Å². The highest BCUT2D eigenvalue weighted by Gasteiger charge is 2.23. The fraction of sp³-hybridized carbons (Fsp3) is 0.300. The van der Waals surface area contributed by atoms with Crippen LogP contribution in [0.2, 0.25) is 0 Å². The first-order chi connectivity index (χ1) is 6.74. The molecule has 0 amide bonds. The van der Waals surface area contributed by atoms with E-state index in [1.807, 2.05) is 0 Å². The van der Waals surface area contributed by atoms with E-state index >= 15 is 0 Å². The van der Waals surface area contributed by atoms with Crippen LogP contribution in [0.25, 0.3) is 0 Å². The van der Waals surface area contributed by atoms with Crippen molar-refractivity contribution >= 4 is 5.69 Å². The Balaban J connectivity index is 2.65. The molecule has 0 radical (unpaired) electrons. The quantitative estimate of drug-likeness (QED) is 0.594. The molecule has 1 atom stereocenters. The fourth-order valence-electron chi connectivity index (χ4n) is 1.67. The maximum absolute atomic E-state index is 8.86. The summed E-state index contributed by atoms with van der Waals surface area (Å²) in [7, 11) is 0. The van der Waals surface area contributed by atoms with Gasteiger partial charge in [0.25, 0.3) is 0 Å². The molecule has 72 valence electrons. The summed E-state index contributed by atoms with van der Waals surface area (Å²) in [5.41, 5.74) is 13.6. The predicted molar refractivity (Wildman–Crippen MR) is 52.6 cm³/mol. The van der Waals surface area contributed by atoms with E-state index in [-0.39, 0.29) is 6.04 Å². The lowest BCUT2D eigenvalue weighted by atomic mass is 9.97. The first-order valence-electron chi connectivity index (χ1n) is 4.45. The summed E-state index contributed by atoms with van der Waals surface area (Å²) in [5.74, 6) is 0.561. The maximum atomic E-state index is 8.86. The van der Waals surface area contributed by atoms with Crippen LogP contribution >= 0.6 is 0 Å². The minimum Gasteiger partial charge on any atom is -0.492 e. The minimum atomic E-state index is -0.118. The smallest absolute Gasteiger partial charge is 0.143 e. The maximum Gasteiger partial charge on any atom is 0.143 e. The molecule has 14 heavy (non-hydrogen) atoms. The first kappa shape index (κ1) is 8.85. The number of hydrogen-bond acceptors (Lipinski definition) is 4. The van der Waals surface area contributed by atoms with Crippen LogP contribution in [0.15, 0.2) is 12.1 Å². The summed E-state index contributed by atoms with van der Waals surface area (Å²) in [6.07, 6.45) is 0.742. The highest BCUT2D eigenvalue weighted by molar-refractivity contribution is 5.62. The van der Waals surface area contributed by atoms with E-state index in [2.05, 4.69) is 6.07 Å². The Morgan fingerprint density at radius 3 is 3.00 bits per heavy atom. The van der Waals surface area contributed by atoms with Crippen molar-refractivity contribution in [1.29, 1.82) is 5.26 Å². The van der Waals surface area contributed by atoms with E-state index in [0.717, 1.165) is 12.0 Å². The average molecular weight is 189 g/mol. The summed E-state index contributed by atoms with van der Waals surface area (Å²) < 4.78 is 5.41. The molecule has 4 nitrogen and oxygen atoms in total. The van der Waals surface area contributed by atoms with Gasteiger partial charge in [0.15, 0.2) is 0 Å². The Hall–Kier alpha value is -1.73. The van der Waals surface area contributed by atoms with E-state index < -0.39 is 0 Å². The van der Waals surface area contributed by atoms with Crippen LogP contribution in [0.1, 0.15) is 23.6 Å². The third kappa shape index (κ3) is 1.19. The van der Waals surface area contributed by atoms with Gasteiger partial charge in [-0.25, -0.2) is 0 Å². The summed E-state index contributed by atoms with van der Waals surface area (Å²) >= 11 is 0. The van der Waals surface area contributed by atoms with Crippen molar-refractivity contribution in [3.8, 4) is 11.8 Å². The van der Waals surface area contributed by atoms with Gasteiger partial charge >= 0.3 is 0 Å². The second kappa shape index (κ2) is 3.20. The first-order valence-corrected chi connectivity index (χ1v) is 4.45. The number of fused-ring (bicyclic) bond motifs is 1. The lowest BCUT2D eigenvalue weighted by molar-refractivity contribution is 0.269. The van der Waals surface area contributed by atoms with Crippen LogP contribution in [-0.4, -0.2) is 6.61 Å². The van der Waals surface area contributed by atoms with E-state index in [1.54, 1.807) is 12.1 Å². The zero-order valence-corrected chi connectivity index (χ0v) is 7.66. The van der Waals surface area contributed by atoms with E-state index in [4.69, 9.17) is 21.5 Å². The molecule has 1 aliphatic rings. The van der Waals surface area contributed by atoms with Gasteiger partial charge in [0, 0.05) is 23.7 Å². The molecule has 4 N–H and O–H groups in total. The van der Waals surface area contributed by atoms with Crippen LogP contribution in [0, 0.1) is 11.3 Å². The van der Waals surface area contributed by atoms with Crippen molar-refractivity contribution in [3.63, 3.8) is 0 Å². The third-order valence-corrected chi connectivity index (χ3v) is 2.40. The number of nitrogens with two attached hydrogens (primary N) is 2. The number of hydrogen-bond donors (Lipinski definition) is 2. The molecule has 0 saturated heterocycles. The van der Waals surface area contributed by atoms with Crippen LogP contribution in [0.5, 0.6) is 5.75 Å². The molecule has 0 fully saturated rings. The third-order valence-electron chi connectivity index (χ3n) is 2.40. The Morgan fingerprint density at radius 1 is 1.50 bits per heavy atom. The molecule has 1 aliphatic heterocycles. The number of nitrogens with zero attached hydrogens (tertiary/aromatic N) is 1. The number of anilines is 1. The van der Waals surface area contributed by atoms with Gasteiger partial charge in [0.05, 0.1) is 12.2 Å². The van der Waals surface area contributed by atoms with Gasteiger partial charge < -0.3 is 16.2 Å². The molecular formula is C10H11N3O. The van der Waals surface area contributed by atoms with Crippen molar-refractivity contribution in [2.75, 3.05) is 12.3 Å². The van der Waals surface area contributed by atoms with E-state index in [1.165, 1.54) is 0 Å². The Labute approximate surface area is 82.1 Å². The lowest BCUT2D eigenvalue weighted by Crippen LogP contribution is -2.22. The van der Waals surface area contributed by atoms with Gasteiger partial charge in [-0.15, -0.1) is 0 Å². The normalized spacial score (nSPS) is 19.3. The van der Waals surface area contributed by atoms with Gasteiger partial charge in [0.2, 0.25) is 0 Å². The minimum absolute atomic E-state index is 0.118. The molecule has 0 unspecified atom stereocenters. The lowest BCUT2D eigenvalue weighted by Gasteiger charge is -2.24. The number of nitrogen functional groups attached to an aromatic ring is 1. The average Bonchev–Trinajstić information content (AvgIpc) is 2.18. The largest absolute Gasteiger partial charge is 0.492 e. The molecule has 1 aromatic rings. The van der Waals surface area contributed by atoms with Crippen molar-refractivity contribution in [2.24, 2.45) is 5.73 Å². The van der Waals surface area contributed by atoms with E-state index in [9.17, 15) is 0 Å². The standard InChI is InChI=1S/C10H11N3O/c11-5-6-1-2-7(12)9-8(13)3-4-14-10(6)9/h1-2,8H,3-4,12-13H2/t8-/m0/s1. The molecule has 2 rings (SSSR count).